The van der Waals surface area contributed by atoms with Crippen LogP contribution in [0.1, 0.15) is 6.92 Å². The molecular weight excluding hydrogens is 210 g/mol. The van der Waals surface area contributed by atoms with Crippen molar-refractivity contribution in [2.24, 2.45) is 0 Å². The summed E-state index contributed by atoms with van der Waals surface area (Å²) < 4.78 is 0. The molecule has 2 N–H and O–H groups in total. The van der Waals surface area contributed by atoms with Gasteiger partial charge in [0.25, 0.3) is 0 Å². The molecule has 1 atom stereocenters. The number of hydrogen-bond donors (Lipinski definition) is 2. The third-order valence-corrected chi connectivity index (χ3v) is 3.35. The zero-order valence-corrected chi connectivity index (χ0v) is 9.04. The van der Waals surface area contributed by atoms with Gasteiger partial charge in [0.05, 0.1) is 0 Å². The molecule has 0 aliphatic carbocycles. The van der Waals surface area contributed by atoms with Crippen LogP contribution < -0.4 is 0 Å². The first-order valence-electron chi connectivity index (χ1n) is 4.64. The molecule has 0 spiro atoms. The summed E-state index contributed by atoms with van der Waals surface area (Å²) in [5.74, 6) is -0.787. The molecule has 1 heterocycles. The van der Waals surface area contributed by atoms with Gasteiger partial charge in [-0.15, -0.1) is 11.8 Å². The van der Waals surface area contributed by atoms with Crippen LogP contribution in [0.25, 0.3) is 10.9 Å². The Labute approximate surface area is 91.5 Å². The highest BCUT2D eigenvalue weighted by molar-refractivity contribution is 8.00. The standard InChI is InChI=1S/C11H11NO2S/c1-7(11(13)14)15-10-6-12-9-5-3-2-4-8(9)10/h2-7,12H,1H3,(H,13,14)/t7-/m1/s1. The minimum atomic E-state index is -0.787. The van der Waals surface area contributed by atoms with Gasteiger partial charge >= 0.3 is 5.97 Å². The second-order valence-electron chi connectivity index (χ2n) is 3.30. The van der Waals surface area contributed by atoms with Crippen molar-refractivity contribution in [1.29, 1.82) is 0 Å². The largest absolute Gasteiger partial charge is 0.480 e. The predicted molar refractivity (Wildman–Crippen MR) is 61.3 cm³/mol. The molecule has 0 aliphatic rings. The van der Waals surface area contributed by atoms with Gasteiger partial charge in [0.15, 0.2) is 0 Å². The Morgan fingerprint density at radius 2 is 2.20 bits per heavy atom. The number of carboxylic acids is 1. The van der Waals surface area contributed by atoms with Crippen molar-refractivity contribution in [2.75, 3.05) is 0 Å². The normalized spacial score (nSPS) is 12.9. The number of thioether (sulfide) groups is 1. The predicted octanol–water partition coefficient (Wildman–Crippen LogP) is 2.73. The second-order valence-corrected chi connectivity index (χ2v) is 4.68. The summed E-state index contributed by atoms with van der Waals surface area (Å²) in [5, 5.41) is 9.47. The lowest BCUT2D eigenvalue weighted by atomic mass is 10.2. The topological polar surface area (TPSA) is 53.1 Å². The average Bonchev–Trinajstić information content (AvgIpc) is 2.62. The van der Waals surface area contributed by atoms with Crippen molar-refractivity contribution in [1.82, 2.24) is 4.98 Å². The average molecular weight is 221 g/mol. The monoisotopic (exact) mass is 221 g/mol. The van der Waals surface area contributed by atoms with E-state index in [4.69, 9.17) is 5.11 Å². The fraction of sp³-hybridized carbons (Fsp3) is 0.182. The third kappa shape index (κ3) is 1.99. The van der Waals surface area contributed by atoms with Crippen LogP contribution in [0.3, 0.4) is 0 Å². The van der Waals surface area contributed by atoms with Crippen molar-refractivity contribution in [3.05, 3.63) is 30.5 Å². The molecule has 4 heteroatoms. The Hall–Kier alpha value is -1.42. The first-order chi connectivity index (χ1) is 7.18. The molecule has 0 amide bonds. The highest BCUT2D eigenvalue weighted by Gasteiger charge is 2.14. The van der Waals surface area contributed by atoms with Crippen molar-refractivity contribution in [2.45, 2.75) is 17.1 Å². The van der Waals surface area contributed by atoms with E-state index in [0.29, 0.717) is 0 Å². The molecule has 2 rings (SSSR count). The summed E-state index contributed by atoms with van der Waals surface area (Å²) in [6.45, 7) is 1.69. The minimum absolute atomic E-state index is 0.427. The lowest BCUT2D eigenvalue weighted by Gasteiger charge is -2.03. The Balaban J connectivity index is 2.32. The Morgan fingerprint density at radius 1 is 1.47 bits per heavy atom. The maximum Gasteiger partial charge on any atom is 0.316 e. The number of hydrogen-bond acceptors (Lipinski definition) is 2. The van der Waals surface area contributed by atoms with E-state index in [-0.39, 0.29) is 0 Å². The number of H-pyrrole nitrogens is 1. The quantitative estimate of drug-likeness (QED) is 0.783. The van der Waals surface area contributed by atoms with Crippen molar-refractivity contribution in [3.8, 4) is 0 Å². The minimum Gasteiger partial charge on any atom is -0.480 e. The number of aliphatic carboxylic acids is 1. The number of carboxylic acid groups (broad SMARTS) is 1. The maximum atomic E-state index is 10.7. The van der Waals surface area contributed by atoms with Crippen LogP contribution in [0, 0.1) is 0 Å². The number of aromatic amines is 1. The lowest BCUT2D eigenvalue weighted by Crippen LogP contribution is -2.10. The summed E-state index contributed by atoms with van der Waals surface area (Å²) in [5.41, 5.74) is 1.04. The number of carbonyl (C=O) groups is 1. The summed E-state index contributed by atoms with van der Waals surface area (Å²) in [6, 6.07) is 7.87. The first kappa shape index (κ1) is 10.1. The summed E-state index contributed by atoms with van der Waals surface area (Å²) in [4.78, 5) is 14.8. The van der Waals surface area contributed by atoms with Gasteiger partial charge in [-0.3, -0.25) is 4.79 Å². The zero-order valence-electron chi connectivity index (χ0n) is 8.23. The number of aromatic nitrogens is 1. The van der Waals surface area contributed by atoms with Crippen molar-refractivity contribution < 1.29 is 9.90 Å². The molecular formula is C11H11NO2S. The van der Waals surface area contributed by atoms with E-state index < -0.39 is 11.2 Å². The summed E-state index contributed by atoms with van der Waals surface area (Å²) in [6.07, 6.45) is 1.86. The highest BCUT2D eigenvalue weighted by atomic mass is 32.2. The summed E-state index contributed by atoms with van der Waals surface area (Å²) in [7, 11) is 0. The van der Waals surface area contributed by atoms with E-state index in [1.165, 1.54) is 11.8 Å². The lowest BCUT2D eigenvalue weighted by molar-refractivity contribution is -0.136. The van der Waals surface area contributed by atoms with E-state index >= 15 is 0 Å². The molecule has 2 aromatic rings. The van der Waals surface area contributed by atoms with Gasteiger partial charge in [-0.2, -0.15) is 0 Å². The van der Waals surface area contributed by atoms with E-state index in [2.05, 4.69) is 4.98 Å². The van der Waals surface area contributed by atoms with Crippen LogP contribution in [0.2, 0.25) is 0 Å². The fourth-order valence-electron chi connectivity index (χ4n) is 1.38. The number of para-hydroxylation sites is 1. The van der Waals surface area contributed by atoms with Gasteiger partial charge in [-0.1, -0.05) is 18.2 Å². The molecule has 78 valence electrons. The zero-order chi connectivity index (χ0) is 10.8. The number of rotatable bonds is 3. The third-order valence-electron chi connectivity index (χ3n) is 2.20. The van der Waals surface area contributed by atoms with E-state index in [1.54, 1.807) is 6.92 Å². The van der Waals surface area contributed by atoms with Crippen molar-refractivity contribution in [3.63, 3.8) is 0 Å². The molecule has 0 saturated carbocycles. The Morgan fingerprint density at radius 3 is 2.93 bits per heavy atom. The van der Waals surface area contributed by atoms with Crippen LogP contribution in [-0.2, 0) is 4.79 Å². The SMILES string of the molecule is C[C@@H](Sc1c[nH]c2ccccc12)C(=O)O. The van der Waals surface area contributed by atoms with Gasteiger partial charge in [-0.05, 0) is 13.0 Å². The molecule has 15 heavy (non-hydrogen) atoms. The summed E-state index contributed by atoms with van der Waals surface area (Å²) >= 11 is 1.36. The highest BCUT2D eigenvalue weighted by Crippen LogP contribution is 2.30. The first-order valence-corrected chi connectivity index (χ1v) is 5.52. The van der Waals surface area contributed by atoms with Gasteiger partial charge in [0.2, 0.25) is 0 Å². The smallest absolute Gasteiger partial charge is 0.316 e. The van der Waals surface area contributed by atoms with Crippen LogP contribution in [0.4, 0.5) is 0 Å². The van der Waals surface area contributed by atoms with Gasteiger partial charge in [0.1, 0.15) is 5.25 Å². The van der Waals surface area contributed by atoms with Gasteiger partial charge in [0, 0.05) is 22.0 Å². The van der Waals surface area contributed by atoms with Crippen LogP contribution in [-0.4, -0.2) is 21.3 Å². The van der Waals surface area contributed by atoms with Gasteiger partial charge < -0.3 is 10.1 Å². The number of fused-ring (bicyclic) bond motifs is 1. The second kappa shape index (κ2) is 3.98. The van der Waals surface area contributed by atoms with Crippen LogP contribution >= 0.6 is 11.8 Å². The molecule has 3 nitrogen and oxygen atoms in total. The fourth-order valence-corrected chi connectivity index (χ4v) is 2.30. The van der Waals surface area contributed by atoms with E-state index in [9.17, 15) is 4.79 Å². The Kier molecular flexibility index (Phi) is 2.68. The molecule has 0 saturated heterocycles. The molecule has 0 bridgehead atoms. The molecule has 0 fully saturated rings. The maximum absolute atomic E-state index is 10.7. The number of benzene rings is 1. The molecule has 1 aromatic carbocycles. The van der Waals surface area contributed by atoms with Crippen LogP contribution in [0.15, 0.2) is 35.4 Å². The van der Waals surface area contributed by atoms with E-state index in [0.717, 1.165) is 15.8 Å². The Bertz CT molecular complexity index is 492. The number of nitrogens with one attached hydrogen (secondary N) is 1. The van der Waals surface area contributed by atoms with E-state index in [1.807, 2.05) is 30.5 Å². The molecule has 1 aromatic heterocycles. The molecule has 0 unspecified atom stereocenters. The molecule has 0 radical (unpaired) electrons. The van der Waals surface area contributed by atoms with Crippen LogP contribution in [0.5, 0.6) is 0 Å². The van der Waals surface area contributed by atoms with Crippen molar-refractivity contribution >= 4 is 28.6 Å². The van der Waals surface area contributed by atoms with Gasteiger partial charge in [-0.25, -0.2) is 0 Å². The molecule has 0 aliphatic heterocycles.